The van der Waals surface area contributed by atoms with E-state index in [1.807, 2.05) is 27.7 Å². The summed E-state index contributed by atoms with van der Waals surface area (Å²) in [6, 6.07) is 0.447. The molecule has 522 valence electrons. The van der Waals surface area contributed by atoms with Gasteiger partial charge in [0, 0.05) is 32.1 Å². The molecular formula is C61H129NO18P4Si4. The highest BCUT2D eigenvalue weighted by Gasteiger charge is 2.57. The Labute approximate surface area is 541 Å². The SMILES string of the molecule is CC[C@H]1O[C@@H](C)C(O[Si](C)(C)C(C)(C)C)[C@H]1OP(C)(=O)OC[C@H]1O[C@@H](C)C(O[Si](C)(C)C(C)(C)C)[C@H]1OP(C)(=O)OC[C@H]1OCC(O[Si](C)(C)C(C)(C)C)[C@H]1OP(C)(=O)OC[C@H]1O[C@@H](C)C(O[Si](C(C)C)(C(C)C)C(C)C)[C@H]1OP(C)N(C(C)C)C(C)C. The van der Waals surface area contributed by atoms with Crippen LogP contribution in [0, 0.1) is 0 Å². The van der Waals surface area contributed by atoms with Gasteiger partial charge < -0.3 is 54.7 Å². The molecule has 0 aromatic heterocycles. The van der Waals surface area contributed by atoms with Crippen LogP contribution in [0.4, 0.5) is 0 Å². The normalized spacial score (nSPS) is 32.6. The number of rotatable bonds is 32. The Balaban J connectivity index is 1.65. The molecule has 0 radical (unpaired) electrons. The van der Waals surface area contributed by atoms with Crippen LogP contribution in [-0.4, -0.2) is 195 Å². The first kappa shape index (κ1) is 81.8. The van der Waals surface area contributed by atoms with Crippen LogP contribution < -0.4 is 0 Å². The lowest BCUT2D eigenvalue weighted by molar-refractivity contribution is -0.0267. The number of hydrogen-bond donors (Lipinski definition) is 0. The first-order valence-electron chi connectivity index (χ1n) is 32.9. The van der Waals surface area contributed by atoms with Gasteiger partial charge in [0.15, 0.2) is 25.0 Å². The Morgan fingerprint density at radius 3 is 1.15 bits per heavy atom. The summed E-state index contributed by atoms with van der Waals surface area (Å²) in [5, 5.41) is -0.481. The van der Waals surface area contributed by atoms with Crippen molar-refractivity contribution in [2.45, 2.75) is 340 Å². The molecule has 19 nitrogen and oxygen atoms in total. The molecule has 0 spiro atoms. The molecule has 0 N–H and O–H groups in total. The van der Waals surface area contributed by atoms with Crippen molar-refractivity contribution in [2.75, 3.05) is 53.1 Å². The van der Waals surface area contributed by atoms with Crippen LogP contribution in [0.1, 0.15) is 166 Å². The number of hydrogen-bond acceptors (Lipinski definition) is 19. The molecule has 8 unspecified atom stereocenters. The fourth-order valence-corrected chi connectivity index (χ4v) is 27.5. The predicted molar refractivity (Wildman–Crippen MR) is 368 cm³/mol. The van der Waals surface area contributed by atoms with Crippen molar-refractivity contribution in [3.63, 3.8) is 0 Å². The van der Waals surface area contributed by atoms with E-state index in [-0.39, 0.29) is 71.9 Å². The molecule has 19 atom stereocenters. The third-order valence-electron chi connectivity index (χ3n) is 20.0. The van der Waals surface area contributed by atoms with Crippen molar-refractivity contribution in [2.24, 2.45) is 0 Å². The van der Waals surface area contributed by atoms with Crippen LogP contribution in [-0.2, 0) is 82.0 Å². The molecular weight excluding hydrogens is 1270 g/mol. The Morgan fingerprint density at radius 1 is 0.477 bits per heavy atom. The molecule has 0 saturated carbocycles. The lowest BCUT2D eigenvalue weighted by Crippen LogP contribution is -2.54. The summed E-state index contributed by atoms with van der Waals surface area (Å²) in [4.78, 5) is 0. The fraction of sp³-hybridized carbons (Fsp3) is 1.00. The minimum atomic E-state index is -4.07. The second-order valence-electron chi connectivity index (χ2n) is 31.9. The van der Waals surface area contributed by atoms with Gasteiger partial charge >= 0.3 is 22.8 Å². The molecule has 27 heteroatoms. The third kappa shape index (κ3) is 20.5. The highest BCUT2D eigenvalue weighted by Crippen LogP contribution is 2.56. The topological polar surface area (TPSA) is 193 Å². The van der Waals surface area contributed by atoms with Gasteiger partial charge in [-0.3, -0.25) is 31.9 Å². The van der Waals surface area contributed by atoms with E-state index in [1.165, 1.54) is 20.0 Å². The van der Waals surface area contributed by atoms with E-state index in [1.54, 1.807) is 0 Å². The average Bonchev–Trinajstić information content (AvgIpc) is 2.13. The van der Waals surface area contributed by atoms with E-state index in [4.69, 9.17) is 68.3 Å². The Hall–Kier alpha value is 1.35. The zero-order chi connectivity index (χ0) is 67.8. The molecule has 0 amide bonds. The van der Waals surface area contributed by atoms with Gasteiger partial charge in [-0.1, -0.05) is 111 Å². The van der Waals surface area contributed by atoms with Crippen LogP contribution in [0.5, 0.6) is 0 Å². The lowest BCUT2D eigenvalue weighted by Gasteiger charge is -2.46. The van der Waals surface area contributed by atoms with Gasteiger partial charge in [0.1, 0.15) is 69.3 Å². The fourth-order valence-electron chi connectivity index (χ4n) is 12.3. The van der Waals surface area contributed by atoms with Crippen LogP contribution >= 0.6 is 31.1 Å². The molecule has 0 aromatic carbocycles. The second kappa shape index (κ2) is 31.0. The minimum absolute atomic E-state index is 0.0836. The molecule has 4 aliphatic heterocycles. The van der Waals surface area contributed by atoms with Gasteiger partial charge in [-0.15, -0.1) is 0 Å². The molecule has 4 rings (SSSR count). The van der Waals surface area contributed by atoms with Crippen molar-refractivity contribution < 1.29 is 82.0 Å². The maximum absolute atomic E-state index is 15.1. The molecule has 4 aliphatic rings. The van der Waals surface area contributed by atoms with Gasteiger partial charge in [-0.05, 0) is 133 Å². The van der Waals surface area contributed by atoms with Crippen LogP contribution in [0.15, 0.2) is 0 Å². The maximum atomic E-state index is 15.1. The maximum Gasteiger partial charge on any atom is 0.328 e. The van der Waals surface area contributed by atoms with E-state index in [9.17, 15) is 4.57 Å². The van der Waals surface area contributed by atoms with E-state index in [0.717, 1.165) is 0 Å². The van der Waals surface area contributed by atoms with Gasteiger partial charge in [0.05, 0.1) is 56.9 Å². The average molecular weight is 1400 g/mol. The van der Waals surface area contributed by atoms with E-state index >= 15 is 9.13 Å². The van der Waals surface area contributed by atoms with Crippen molar-refractivity contribution in [3.8, 4) is 0 Å². The molecule has 4 saturated heterocycles. The first-order valence-corrected chi connectivity index (χ1v) is 51.4. The van der Waals surface area contributed by atoms with E-state index in [0.29, 0.717) is 23.0 Å². The van der Waals surface area contributed by atoms with Gasteiger partial charge in [-0.2, -0.15) is 0 Å². The van der Waals surface area contributed by atoms with Crippen molar-refractivity contribution in [1.82, 2.24) is 4.67 Å². The Kier molecular flexibility index (Phi) is 28.9. The van der Waals surface area contributed by atoms with Crippen molar-refractivity contribution in [3.05, 3.63) is 0 Å². The highest BCUT2D eigenvalue weighted by molar-refractivity contribution is 7.53. The Morgan fingerprint density at radius 2 is 0.795 bits per heavy atom. The molecule has 4 heterocycles. The summed E-state index contributed by atoms with van der Waals surface area (Å²) >= 11 is 0. The minimum Gasteiger partial charge on any atom is -0.409 e. The lowest BCUT2D eigenvalue weighted by atomic mass is 10.1. The summed E-state index contributed by atoms with van der Waals surface area (Å²) < 4.78 is 148. The predicted octanol–water partition coefficient (Wildman–Crippen LogP) is 17.0. The zero-order valence-corrected chi connectivity index (χ0v) is 68.7. The Bertz CT molecular complexity index is 2320. The summed E-state index contributed by atoms with van der Waals surface area (Å²) in [5.74, 6) is 0. The van der Waals surface area contributed by atoms with Gasteiger partial charge in [-0.25, -0.2) is 0 Å². The smallest absolute Gasteiger partial charge is 0.328 e. The van der Waals surface area contributed by atoms with Gasteiger partial charge in [0.25, 0.3) is 0 Å². The van der Waals surface area contributed by atoms with Gasteiger partial charge in [0.2, 0.25) is 8.32 Å². The number of ether oxygens (including phenoxy) is 4. The van der Waals surface area contributed by atoms with Crippen molar-refractivity contribution in [1.29, 1.82) is 0 Å². The van der Waals surface area contributed by atoms with E-state index in [2.05, 4.69) is 182 Å². The van der Waals surface area contributed by atoms with E-state index < -0.39 is 138 Å². The third-order valence-corrected chi connectivity index (χ3v) is 45.4. The van der Waals surface area contributed by atoms with Crippen LogP contribution in [0.3, 0.4) is 0 Å². The second-order valence-corrected chi connectivity index (χ2v) is 59.2. The molecule has 4 fully saturated rings. The monoisotopic (exact) mass is 1400 g/mol. The highest BCUT2D eigenvalue weighted by atomic mass is 31.2. The largest absolute Gasteiger partial charge is 0.409 e. The standard InChI is InChI=1S/C61H129NO18P4Si4/c1-34-47-57(53(45(13)70-47)78-86(30,31)60(18,19)20)75-84(27,65)69-38-50-58(54(46(14)72-50)79-87(32,33)61(21,22)23)76-83(26,64)67-36-48-55(51(35-66-48)77-85(28,29)59(15,16)17)74-82(25,63)68-37-49-56(73-81(24)62(39(2)3)40(4)5)52(44(12)71-49)80-88(41(6)7,42(8)9)43(10)11/h39-58H,34-38H2,1-33H3/t44-,45-,46-,47+,48+,49+,50+,51?,52?,53?,54?,55-,56-,57-,58-,81?,82?,83?,84?/m0/s1. The molecule has 0 aliphatic carbocycles. The quantitative estimate of drug-likeness (QED) is 0.0455. The first-order chi connectivity index (χ1) is 39.7. The summed E-state index contributed by atoms with van der Waals surface area (Å²) in [5.41, 5.74) is 0.966. The van der Waals surface area contributed by atoms with Crippen LogP contribution in [0.25, 0.3) is 0 Å². The van der Waals surface area contributed by atoms with Crippen molar-refractivity contribution >= 4 is 64.4 Å². The molecule has 88 heavy (non-hydrogen) atoms. The summed E-state index contributed by atoms with van der Waals surface area (Å²) in [6.45, 7) is 68.5. The molecule has 0 aromatic rings. The molecule has 0 bridgehead atoms. The summed E-state index contributed by atoms with van der Waals surface area (Å²) in [6.07, 6.45) is -8.79. The zero-order valence-electron chi connectivity index (χ0n) is 61.2. The summed E-state index contributed by atoms with van der Waals surface area (Å²) in [7, 11) is -22.8. The van der Waals surface area contributed by atoms with Crippen LogP contribution in [0.2, 0.25) is 71.0 Å². The number of nitrogens with zero attached hydrogens (tertiary/aromatic N) is 1.